The van der Waals surface area contributed by atoms with Crippen LogP contribution >= 0.6 is 11.3 Å². The molecule has 0 radical (unpaired) electrons. The maximum absolute atomic E-state index is 8.55. The van der Waals surface area contributed by atoms with Crippen molar-refractivity contribution in [3.8, 4) is 6.07 Å². The van der Waals surface area contributed by atoms with Crippen LogP contribution in [0.25, 0.3) is 0 Å². The molecule has 1 N–H and O–H groups in total. The minimum atomic E-state index is 0.341. The van der Waals surface area contributed by atoms with Crippen LogP contribution in [-0.2, 0) is 0 Å². The summed E-state index contributed by atoms with van der Waals surface area (Å²) < 4.78 is 0. The third-order valence-corrected chi connectivity index (χ3v) is 2.52. The molecule has 0 aliphatic carbocycles. The fourth-order valence-corrected chi connectivity index (χ4v) is 1.60. The number of rotatable bonds is 2. The van der Waals surface area contributed by atoms with Crippen LogP contribution in [0.2, 0.25) is 0 Å². The van der Waals surface area contributed by atoms with E-state index < -0.39 is 0 Å². The van der Waals surface area contributed by atoms with E-state index in [4.69, 9.17) is 5.26 Å². The molecule has 0 bridgehead atoms. The van der Waals surface area contributed by atoms with Crippen LogP contribution in [0.1, 0.15) is 23.4 Å². The molecule has 0 spiro atoms. The second-order valence-electron chi connectivity index (χ2n) is 2.37. The van der Waals surface area contributed by atoms with E-state index in [0.717, 1.165) is 4.88 Å². The molecular formula is C8H10N2S. The van der Waals surface area contributed by atoms with E-state index in [1.54, 1.807) is 0 Å². The van der Waals surface area contributed by atoms with Gasteiger partial charge in [-0.05, 0) is 31.0 Å². The maximum atomic E-state index is 8.55. The quantitative estimate of drug-likeness (QED) is 0.728. The van der Waals surface area contributed by atoms with Gasteiger partial charge in [0.15, 0.2) is 0 Å². The molecule has 0 aliphatic heterocycles. The first kappa shape index (κ1) is 8.25. The summed E-state index contributed by atoms with van der Waals surface area (Å²) in [6.45, 7) is 2.07. The SMILES string of the molecule is CN[C@H](C)c1csc(C#N)c1. The van der Waals surface area contributed by atoms with Crippen LogP contribution in [0.5, 0.6) is 0 Å². The van der Waals surface area contributed by atoms with Crippen LogP contribution in [0, 0.1) is 11.3 Å². The molecule has 0 fully saturated rings. The fraction of sp³-hybridized carbons (Fsp3) is 0.375. The Morgan fingerprint density at radius 1 is 1.73 bits per heavy atom. The Balaban J connectivity index is 2.82. The Bertz CT molecular complexity index is 272. The van der Waals surface area contributed by atoms with Crippen molar-refractivity contribution >= 4 is 11.3 Å². The van der Waals surface area contributed by atoms with Gasteiger partial charge in [0.05, 0.1) is 0 Å². The Kier molecular flexibility index (Phi) is 2.64. The number of nitriles is 1. The zero-order valence-electron chi connectivity index (χ0n) is 6.59. The normalized spacial score (nSPS) is 12.5. The summed E-state index contributed by atoms with van der Waals surface area (Å²) in [6, 6.07) is 4.38. The van der Waals surface area contributed by atoms with Crippen molar-refractivity contribution in [1.82, 2.24) is 5.32 Å². The van der Waals surface area contributed by atoms with Crippen molar-refractivity contribution in [2.24, 2.45) is 0 Å². The van der Waals surface area contributed by atoms with E-state index in [1.807, 2.05) is 18.5 Å². The molecule has 1 rings (SSSR count). The first-order valence-electron chi connectivity index (χ1n) is 3.43. The molecule has 3 heteroatoms. The fourth-order valence-electron chi connectivity index (χ4n) is 0.803. The Morgan fingerprint density at radius 3 is 2.91 bits per heavy atom. The van der Waals surface area contributed by atoms with Crippen molar-refractivity contribution in [3.05, 3.63) is 21.9 Å². The first-order chi connectivity index (χ1) is 5.27. The average Bonchev–Trinajstić information content (AvgIpc) is 2.50. The van der Waals surface area contributed by atoms with Crippen molar-refractivity contribution in [2.45, 2.75) is 13.0 Å². The second-order valence-corrected chi connectivity index (χ2v) is 3.28. The summed E-state index contributed by atoms with van der Waals surface area (Å²) in [6.07, 6.45) is 0. The summed E-state index contributed by atoms with van der Waals surface area (Å²) in [7, 11) is 1.91. The standard InChI is InChI=1S/C8H10N2S/c1-6(10-2)7-3-8(4-9)11-5-7/h3,5-6,10H,1-2H3/t6-/m1/s1. The van der Waals surface area contributed by atoms with Crippen LogP contribution < -0.4 is 5.32 Å². The summed E-state index contributed by atoms with van der Waals surface area (Å²) >= 11 is 1.49. The van der Waals surface area contributed by atoms with E-state index in [2.05, 4.69) is 18.3 Å². The number of nitrogens with zero attached hydrogens (tertiary/aromatic N) is 1. The summed E-state index contributed by atoms with van der Waals surface area (Å²) in [4.78, 5) is 0.780. The molecule has 0 aromatic carbocycles. The van der Waals surface area contributed by atoms with E-state index in [0.29, 0.717) is 6.04 Å². The summed E-state index contributed by atoms with van der Waals surface area (Å²) in [5.74, 6) is 0. The van der Waals surface area contributed by atoms with Gasteiger partial charge in [0.2, 0.25) is 0 Å². The van der Waals surface area contributed by atoms with Crippen LogP contribution in [0.4, 0.5) is 0 Å². The van der Waals surface area contributed by atoms with E-state index >= 15 is 0 Å². The predicted molar refractivity (Wildman–Crippen MR) is 46.5 cm³/mol. The lowest BCUT2D eigenvalue weighted by Crippen LogP contribution is -2.10. The van der Waals surface area contributed by atoms with Crippen LogP contribution in [0.15, 0.2) is 11.4 Å². The Morgan fingerprint density at radius 2 is 2.45 bits per heavy atom. The molecule has 1 heterocycles. The summed E-state index contributed by atoms with van der Waals surface area (Å²) in [5, 5.41) is 13.7. The Hall–Kier alpha value is -0.850. The second kappa shape index (κ2) is 3.51. The van der Waals surface area contributed by atoms with Gasteiger partial charge in [-0.3, -0.25) is 0 Å². The van der Waals surface area contributed by atoms with Gasteiger partial charge >= 0.3 is 0 Å². The highest BCUT2D eigenvalue weighted by Gasteiger charge is 2.04. The van der Waals surface area contributed by atoms with Gasteiger partial charge in [-0.15, -0.1) is 11.3 Å². The zero-order valence-corrected chi connectivity index (χ0v) is 7.40. The lowest BCUT2D eigenvalue weighted by molar-refractivity contribution is 0.654. The number of nitrogens with one attached hydrogen (secondary N) is 1. The third kappa shape index (κ3) is 1.79. The van der Waals surface area contributed by atoms with E-state index in [-0.39, 0.29) is 0 Å². The van der Waals surface area contributed by atoms with Crippen molar-refractivity contribution in [3.63, 3.8) is 0 Å². The first-order valence-corrected chi connectivity index (χ1v) is 4.31. The lowest BCUT2D eigenvalue weighted by Gasteiger charge is -2.05. The minimum absolute atomic E-state index is 0.341. The number of hydrogen-bond donors (Lipinski definition) is 1. The molecule has 58 valence electrons. The average molecular weight is 166 g/mol. The molecule has 2 nitrogen and oxygen atoms in total. The van der Waals surface area contributed by atoms with E-state index in [9.17, 15) is 0 Å². The highest BCUT2D eigenvalue weighted by molar-refractivity contribution is 7.10. The highest BCUT2D eigenvalue weighted by atomic mass is 32.1. The molecule has 0 aliphatic rings. The van der Waals surface area contributed by atoms with Gasteiger partial charge in [-0.1, -0.05) is 0 Å². The van der Waals surface area contributed by atoms with Crippen LogP contribution in [-0.4, -0.2) is 7.05 Å². The van der Waals surface area contributed by atoms with E-state index in [1.165, 1.54) is 16.9 Å². The maximum Gasteiger partial charge on any atom is 0.110 e. The lowest BCUT2D eigenvalue weighted by atomic mass is 10.2. The molecule has 0 unspecified atom stereocenters. The smallest absolute Gasteiger partial charge is 0.110 e. The molecule has 1 aromatic heterocycles. The largest absolute Gasteiger partial charge is 0.313 e. The van der Waals surface area contributed by atoms with Gasteiger partial charge in [0.25, 0.3) is 0 Å². The molecule has 0 amide bonds. The van der Waals surface area contributed by atoms with Gasteiger partial charge in [0.1, 0.15) is 10.9 Å². The van der Waals surface area contributed by atoms with Crippen molar-refractivity contribution in [2.75, 3.05) is 7.05 Å². The zero-order chi connectivity index (χ0) is 8.27. The third-order valence-electron chi connectivity index (χ3n) is 1.66. The molecule has 1 aromatic rings. The van der Waals surface area contributed by atoms with Gasteiger partial charge in [-0.25, -0.2) is 0 Å². The van der Waals surface area contributed by atoms with Gasteiger partial charge in [0, 0.05) is 6.04 Å². The van der Waals surface area contributed by atoms with Crippen molar-refractivity contribution < 1.29 is 0 Å². The number of thiophene rings is 1. The molecule has 1 atom stereocenters. The molecule has 0 saturated heterocycles. The van der Waals surface area contributed by atoms with Gasteiger partial charge < -0.3 is 5.32 Å². The molecule has 0 saturated carbocycles. The Labute approximate surface area is 70.5 Å². The summed E-state index contributed by atoms with van der Waals surface area (Å²) in [5.41, 5.74) is 1.19. The van der Waals surface area contributed by atoms with Crippen molar-refractivity contribution in [1.29, 1.82) is 5.26 Å². The minimum Gasteiger partial charge on any atom is -0.313 e. The monoisotopic (exact) mass is 166 g/mol. The van der Waals surface area contributed by atoms with Crippen LogP contribution in [0.3, 0.4) is 0 Å². The predicted octanol–water partition coefficient (Wildman–Crippen LogP) is 1.90. The topological polar surface area (TPSA) is 35.8 Å². The highest BCUT2D eigenvalue weighted by Crippen LogP contribution is 2.19. The molecular weight excluding hydrogens is 156 g/mol. The number of hydrogen-bond acceptors (Lipinski definition) is 3. The molecule has 11 heavy (non-hydrogen) atoms. The van der Waals surface area contributed by atoms with Gasteiger partial charge in [-0.2, -0.15) is 5.26 Å².